The highest BCUT2D eigenvalue weighted by Crippen LogP contribution is 2.21. The molecule has 8 nitrogen and oxygen atoms in total. The quantitative estimate of drug-likeness (QED) is 0.444. The molecule has 1 rings (SSSR count). The molecular formula is C13H22N4O4. The van der Waals surface area contributed by atoms with E-state index >= 15 is 0 Å². The molecule has 0 aromatic carbocycles. The summed E-state index contributed by atoms with van der Waals surface area (Å²) < 4.78 is 5.05. The Hall–Kier alpha value is -1.93. The predicted octanol–water partition coefficient (Wildman–Crippen LogP) is 1.62. The summed E-state index contributed by atoms with van der Waals surface area (Å²) in [6.45, 7) is 3.06. The van der Waals surface area contributed by atoms with Crippen LogP contribution in [0.5, 0.6) is 0 Å². The number of pyridine rings is 1. The van der Waals surface area contributed by atoms with Gasteiger partial charge in [-0.1, -0.05) is 6.92 Å². The number of ether oxygens (including phenoxy) is 1. The van der Waals surface area contributed by atoms with Crippen LogP contribution in [0, 0.1) is 10.1 Å². The van der Waals surface area contributed by atoms with Gasteiger partial charge < -0.3 is 20.5 Å². The number of nitro groups is 1. The molecule has 0 saturated carbocycles. The summed E-state index contributed by atoms with van der Waals surface area (Å²) in [6.07, 6.45) is 1.36. The maximum Gasteiger partial charge on any atom is 0.276 e. The Morgan fingerprint density at radius 2 is 2.19 bits per heavy atom. The van der Waals surface area contributed by atoms with Gasteiger partial charge in [-0.05, 0) is 12.8 Å². The molecule has 1 aromatic heterocycles. The van der Waals surface area contributed by atoms with E-state index in [4.69, 9.17) is 9.84 Å². The average molecular weight is 298 g/mol. The molecule has 0 aliphatic carbocycles. The van der Waals surface area contributed by atoms with Crippen LogP contribution in [0.15, 0.2) is 12.1 Å². The van der Waals surface area contributed by atoms with Crippen LogP contribution in [-0.4, -0.2) is 47.9 Å². The smallest absolute Gasteiger partial charge is 0.276 e. The Kier molecular flexibility index (Phi) is 7.41. The third-order valence-corrected chi connectivity index (χ3v) is 2.77. The monoisotopic (exact) mass is 298 g/mol. The van der Waals surface area contributed by atoms with Gasteiger partial charge in [0.05, 0.1) is 29.7 Å². The zero-order valence-corrected chi connectivity index (χ0v) is 12.3. The first-order valence-corrected chi connectivity index (χ1v) is 6.87. The van der Waals surface area contributed by atoms with E-state index < -0.39 is 4.92 Å². The number of aliphatic hydroxyl groups is 1. The fraction of sp³-hybridized carbons (Fsp3) is 0.615. The lowest BCUT2D eigenvalue weighted by Gasteiger charge is -2.18. The van der Waals surface area contributed by atoms with Crippen LogP contribution in [0.1, 0.15) is 19.8 Å². The summed E-state index contributed by atoms with van der Waals surface area (Å²) in [4.78, 5) is 14.8. The third kappa shape index (κ3) is 5.92. The van der Waals surface area contributed by atoms with Crippen molar-refractivity contribution in [2.45, 2.75) is 25.8 Å². The second kappa shape index (κ2) is 9.09. The maximum atomic E-state index is 11.0. The molecule has 1 aromatic rings. The molecule has 0 aliphatic heterocycles. The molecule has 118 valence electrons. The fourth-order valence-electron chi connectivity index (χ4n) is 1.80. The van der Waals surface area contributed by atoms with Gasteiger partial charge in [0.2, 0.25) is 0 Å². The van der Waals surface area contributed by atoms with E-state index in [0.717, 1.165) is 6.42 Å². The van der Waals surface area contributed by atoms with Crippen molar-refractivity contribution in [3.05, 3.63) is 22.2 Å². The van der Waals surface area contributed by atoms with Crippen LogP contribution in [0.4, 0.5) is 17.3 Å². The van der Waals surface area contributed by atoms with E-state index in [1.54, 1.807) is 7.11 Å². The molecule has 0 saturated heterocycles. The van der Waals surface area contributed by atoms with Crippen LogP contribution < -0.4 is 10.6 Å². The molecule has 3 N–H and O–H groups in total. The highest BCUT2D eigenvalue weighted by molar-refractivity contribution is 5.55. The number of hydrogen-bond acceptors (Lipinski definition) is 7. The molecule has 0 radical (unpaired) electrons. The molecule has 0 spiro atoms. The van der Waals surface area contributed by atoms with E-state index in [9.17, 15) is 10.1 Å². The van der Waals surface area contributed by atoms with Crippen molar-refractivity contribution in [2.24, 2.45) is 0 Å². The summed E-state index contributed by atoms with van der Waals surface area (Å²) in [5.41, 5.74) is -0.0359. The van der Waals surface area contributed by atoms with Gasteiger partial charge >= 0.3 is 0 Å². The topological polar surface area (TPSA) is 110 Å². The van der Waals surface area contributed by atoms with Crippen molar-refractivity contribution < 1.29 is 14.8 Å². The van der Waals surface area contributed by atoms with E-state index in [0.29, 0.717) is 31.2 Å². The molecule has 21 heavy (non-hydrogen) atoms. The number of aliphatic hydroxyl groups excluding tert-OH is 1. The van der Waals surface area contributed by atoms with Crippen LogP contribution in [-0.2, 0) is 4.74 Å². The van der Waals surface area contributed by atoms with Crippen LogP contribution >= 0.6 is 0 Å². The molecule has 0 amide bonds. The third-order valence-electron chi connectivity index (χ3n) is 2.77. The Morgan fingerprint density at radius 1 is 1.48 bits per heavy atom. The number of rotatable bonds is 10. The summed E-state index contributed by atoms with van der Waals surface area (Å²) in [7, 11) is 1.56. The first kappa shape index (κ1) is 17.1. The van der Waals surface area contributed by atoms with Crippen LogP contribution in [0.25, 0.3) is 0 Å². The molecule has 0 bridgehead atoms. The van der Waals surface area contributed by atoms with Crippen LogP contribution in [0.2, 0.25) is 0 Å². The zero-order valence-electron chi connectivity index (χ0n) is 12.3. The lowest BCUT2D eigenvalue weighted by molar-refractivity contribution is -0.384. The molecule has 1 unspecified atom stereocenters. The van der Waals surface area contributed by atoms with Gasteiger partial charge in [0, 0.05) is 20.3 Å². The molecule has 1 atom stereocenters. The molecule has 0 fully saturated rings. The molecule has 8 heteroatoms. The summed E-state index contributed by atoms with van der Waals surface area (Å²) in [5.74, 6) is 0.840. The Labute approximate surface area is 123 Å². The van der Waals surface area contributed by atoms with E-state index in [1.165, 1.54) is 12.1 Å². The van der Waals surface area contributed by atoms with Gasteiger partial charge in [0.1, 0.15) is 11.6 Å². The number of methoxy groups -OCH3 is 1. The number of nitrogens with zero attached hydrogens (tertiary/aromatic N) is 2. The van der Waals surface area contributed by atoms with Gasteiger partial charge in [-0.15, -0.1) is 0 Å². The van der Waals surface area contributed by atoms with Crippen molar-refractivity contribution in [3.63, 3.8) is 0 Å². The Balaban J connectivity index is 2.92. The zero-order chi connectivity index (χ0) is 15.7. The van der Waals surface area contributed by atoms with Gasteiger partial charge in [-0.25, -0.2) is 4.98 Å². The summed E-state index contributed by atoms with van der Waals surface area (Å²) in [5, 5.41) is 26.1. The lowest BCUT2D eigenvalue weighted by atomic mass is 10.2. The number of aromatic nitrogens is 1. The van der Waals surface area contributed by atoms with Crippen molar-refractivity contribution >= 4 is 17.3 Å². The number of anilines is 2. The first-order chi connectivity index (χ1) is 10.1. The Morgan fingerprint density at radius 3 is 2.76 bits per heavy atom. The molecule has 1 heterocycles. The average Bonchev–Trinajstić information content (AvgIpc) is 2.45. The van der Waals surface area contributed by atoms with Gasteiger partial charge in [0.15, 0.2) is 0 Å². The minimum atomic E-state index is -0.457. The van der Waals surface area contributed by atoms with Crippen molar-refractivity contribution in [1.82, 2.24) is 4.98 Å². The summed E-state index contributed by atoms with van der Waals surface area (Å²) >= 11 is 0. The van der Waals surface area contributed by atoms with E-state index in [-0.39, 0.29) is 18.3 Å². The van der Waals surface area contributed by atoms with Crippen molar-refractivity contribution in [3.8, 4) is 0 Å². The largest absolute Gasteiger partial charge is 0.396 e. The minimum Gasteiger partial charge on any atom is -0.396 e. The number of nitrogens with one attached hydrogen (secondary N) is 2. The second-order valence-corrected chi connectivity index (χ2v) is 4.59. The van der Waals surface area contributed by atoms with Crippen molar-refractivity contribution in [1.29, 1.82) is 0 Å². The SMILES string of the molecule is CCCNc1cc([N+](=O)[O-])cc(NC(CCO)COC)n1. The fourth-order valence-corrected chi connectivity index (χ4v) is 1.80. The van der Waals surface area contributed by atoms with Gasteiger partial charge in [-0.2, -0.15) is 0 Å². The molecule has 0 aliphatic rings. The van der Waals surface area contributed by atoms with Gasteiger partial charge in [0.25, 0.3) is 5.69 Å². The maximum absolute atomic E-state index is 11.0. The van der Waals surface area contributed by atoms with E-state index in [2.05, 4.69) is 15.6 Å². The first-order valence-electron chi connectivity index (χ1n) is 6.87. The van der Waals surface area contributed by atoms with Crippen LogP contribution in [0.3, 0.4) is 0 Å². The molecular weight excluding hydrogens is 276 g/mol. The predicted molar refractivity (Wildman–Crippen MR) is 80.7 cm³/mol. The Bertz CT molecular complexity index is 450. The normalized spacial score (nSPS) is 12.0. The second-order valence-electron chi connectivity index (χ2n) is 4.59. The highest BCUT2D eigenvalue weighted by atomic mass is 16.6. The summed E-state index contributed by atoms with van der Waals surface area (Å²) in [6, 6.07) is 2.61. The van der Waals surface area contributed by atoms with E-state index in [1.807, 2.05) is 6.92 Å². The minimum absolute atomic E-state index is 0.00308. The lowest BCUT2D eigenvalue weighted by Crippen LogP contribution is -2.26. The number of hydrogen-bond donors (Lipinski definition) is 3. The highest BCUT2D eigenvalue weighted by Gasteiger charge is 2.14. The van der Waals surface area contributed by atoms with Crippen molar-refractivity contribution in [2.75, 3.05) is 37.5 Å². The van der Waals surface area contributed by atoms with Gasteiger partial charge in [-0.3, -0.25) is 10.1 Å². The standard InChI is InChI=1S/C13H22N4O4/c1-3-5-14-12-7-11(17(19)20)8-13(16-12)15-10(4-6-18)9-21-2/h7-8,10,18H,3-6,9H2,1-2H3,(H2,14,15,16).